The Morgan fingerprint density at radius 2 is 1.71 bits per heavy atom. The number of amides is 2. The van der Waals surface area contributed by atoms with E-state index in [0.29, 0.717) is 5.56 Å². The summed E-state index contributed by atoms with van der Waals surface area (Å²) in [6.07, 6.45) is -4.61. The molecule has 1 heterocycles. The lowest BCUT2D eigenvalue weighted by Gasteiger charge is -2.40. The van der Waals surface area contributed by atoms with E-state index in [-0.39, 0.29) is 24.2 Å². The quantitative estimate of drug-likeness (QED) is 0.585. The molecule has 2 amide bonds. The van der Waals surface area contributed by atoms with Gasteiger partial charge in [-0.3, -0.25) is 14.5 Å². The number of benzene rings is 2. The molecule has 0 saturated heterocycles. The number of carbonyl (C=O) groups excluding carboxylic acids is 2. The number of nitrogens with two attached hydrogens (primary N) is 1. The molecule has 1 aliphatic heterocycles. The van der Waals surface area contributed by atoms with Gasteiger partial charge in [-0.2, -0.15) is 13.2 Å². The van der Waals surface area contributed by atoms with Crippen LogP contribution in [0, 0.1) is 5.92 Å². The smallest absolute Gasteiger partial charge is 0.369 e. The first-order valence-electron chi connectivity index (χ1n) is 11.5. The van der Waals surface area contributed by atoms with Crippen LogP contribution in [0.3, 0.4) is 0 Å². The number of halogens is 3. The van der Waals surface area contributed by atoms with Gasteiger partial charge in [0, 0.05) is 0 Å². The second-order valence-corrected chi connectivity index (χ2v) is 9.51. The Morgan fingerprint density at radius 3 is 2.26 bits per heavy atom. The number of alkyl halides is 3. The minimum atomic E-state index is -4.73. The second kappa shape index (κ2) is 9.71. The fraction of sp³-hybridized carbons (Fsp3) is 0.423. The summed E-state index contributed by atoms with van der Waals surface area (Å²) in [6, 6.07) is 11.0. The van der Waals surface area contributed by atoms with Crippen LogP contribution in [-0.2, 0) is 11.0 Å². The monoisotopic (exact) mass is 488 g/mol. The highest BCUT2D eigenvalue weighted by molar-refractivity contribution is 6.00. The minimum Gasteiger partial charge on any atom is -0.369 e. The van der Waals surface area contributed by atoms with Crippen LogP contribution in [0.1, 0.15) is 80.2 Å². The maximum absolute atomic E-state index is 13.8. The molecule has 35 heavy (non-hydrogen) atoms. The molecule has 0 aliphatic carbocycles. The molecule has 3 rings (SSSR count). The van der Waals surface area contributed by atoms with Gasteiger partial charge < -0.3 is 11.1 Å². The van der Waals surface area contributed by atoms with Crippen LogP contribution in [0.15, 0.2) is 53.5 Å². The molecule has 2 aromatic carbocycles. The van der Waals surface area contributed by atoms with Crippen molar-refractivity contribution in [2.75, 3.05) is 0 Å². The number of guanidine groups is 1. The van der Waals surface area contributed by atoms with E-state index in [1.165, 1.54) is 17.0 Å². The van der Waals surface area contributed by atoms with E-state index >= 15 is 0 Å². The summed E-state index contributed by atoms with van der Waals surface area (Å²) in [6.45, 7) is 9.08. The van der Waals surface area contributed by atoms with Gasteiger partial charge >= 0.3 is 6.18 Å². The van der Waals surface area contributed by atoms with E-state index in [9.17, 15) is 22.8 Å². The van der Waals surface area contributed by atoms with Crippen LogP contribution in [0.25, 0.3) is 0 Å². The van der Waals surface area contributed by atoms with E-state index in [4.69, 9.17) is 5.73 Å². The Kier molecular flexibility index (Phi) is 7.29. The highest BCUT2D eigenvalue weighted by Gasteiger charge is 2.41. The first-order valence-corrected chi connectivity index (χ1v) is 11.5. The highest BCUT2D eigenvalue weighted by atomic mass is 19.4. The predicted molar refractivity (Wildman–Crippen MR) is 129 cm³/mol. The molecule has 6 nitrogen and oxygen atoms in total. The van der Waals surface area contributed by atoms with E-state index in [0.717, 1.165) is 11.6 Å². The Bertz CT molecular complexity index is 1130. The lowest BCUT2D eigenvalue weighted by atomic mass is 9.84. The molecule has 188 valence electrons. The molecule has 3 N–H and O–H groups in total. The lowest BCUT2D eigenvalue weighted by Crippen LogP contribution is -2.53. The molecule has 0 saturated carbocycles. The van der Waals surface area contributed by atoms with E-state index in [1.807, 2.05) is 26.8 Å². The molecule has 2 aromatic rings. The van der Waals surface area contributed by atoms with Gasteiger partial charge in [-0.1, -0.05) is 50.2 Å². The van der Waals surface area contributed by atoms with Gasteiger partial charge in [0.05, 0.1) is 35.2 Å². The standard InChI is InChI=1S/C26H31F3N4O2/c1-15(2)25(5)14-22(34)33(24(30)32-25)17(4)19-11-12-21(26(27,28)29)20(13-19)23(35)31-16(3)18-9-7-6-8-10-18/h6-13,15-17H,14H2,1-5H3,(H2,30,32)(H,31,35)/t16-,17+,25-/m0/s1. The van der Waals surface area contributed by atoms with Crippen LogP contribution < -0.4 is 11.1 Å². The number of carbonyl (C=O) groups is 2. The van der Waals surface area contributed by atoms with Crippen molar-refractivity contribution in [2.45, 2.75) is 64.8 Å². The average Bonchev–Trinajstić information content (AvgIpc) is 2.77. The van der Waals surface area contributed by atoms with Crippen molar-refractivity contribution >= 4 is 17.8 Å². The first kappa shape index (κ1) is 26.2. The van der Waals surface area contributed by atoms with Crippen LogP contribution in [0.4, 0.5) is 13.2 Å². The van der Waals surface area contributed by atoms with Crippen molar-refractivity contribution in [3.63, 3.8) is 0 Å². The van der Waals surface area contributed by atoms with Crippen LogP contribution in [-0.4, -0.2) is 28.2 Å². The van der Waals surface area contributed by atoms with Crippen molar-refractivity contribution in [3.05, 3.63) is 70.8 Å². The highest BCUT2D eigenvalue weighted by Crippen LogP contribution is 2.36. The molecule has 3 atom stereocenters. The minimum absolute atomic E-state index is 0.00792. The molecule has 0 radical (unpaired) electrons. The van der Waals surface area contributed by atoms with Gasteiger partial charge in [0.2, 0.25) is 5.91 Å². The summed E-state index contributed by atoms with van der Waals surface area (Å²) in [5.74, 6) is -1.06. The van der Waals surface area contributed by atoms with Crippen LogP contribution in [0.5, 0.6) is 0 Å². The van der Waals surface area contributed by atoms with Gasteiger partial charge in [0.15, 0.2) is 5.96 Å². The molecule has 0 fully saturated rings. The maximum atomic E-state index is 13.8. The molecule has 0 unspecified atom stereocenters. The van der Waals surface area contributed by atoms with Crippen molar-refractivity contribution < 1.29 is 22.8 Å². The molecule has 0 aromatic heterocycles. The zero-order valence-electron chi connectivity index (χ0n) is 20.5. The molecule has 0 spiro atoms. The summed E-state index contributed by atoms with van der Waals surface area (Å²) in [7, 11) is 0. The number of hydrogen-bond acceptors (Lipinski definition) is 4. The summed E-state index contributed by atoms with van der Waals surface area (Å²) in [5.41, 5.74) is 5.02. The zero-order valence-corrected chi connectivity index (χ0v) is 20.5. The predicted octanol–water partition coefficient (Wildman–Crippen LogP) is 5.22. The first-order chi connectivity index (χ1) is 16.2. The number of hydrogen-bond donors (Lipinski definition) is 2. The molecular formula is C26H31F3N4O2. The van der Waals surface area contributed by atoms with Gasteiger partial charge in [0.1, 0.15) is 0 Å². The Balaban J connectivity index is 1.97. The van der Waals surface area contributed by atoms with Crippen molar-refractivity contribution in [2.24, 2.45) is 16.6 Å². The normalized spacial score (nSPS) is 20.4. The zero-order chi connectivity index (χ0) is 26.1. The van der Waals surface area contributed by atoms with Gasteiger partial charge in [-0.25, -0.2) is 4.99 Å². The summed E-state index contributed by atoms with van der Waals surface area (Å²) < 4.78 is 41.3. The number of rotatable bonds is 6. The Morgan fingerprint density at radius 1 is 1.09 bits per heavy atom. The van der Waals surface area contributed by atoms with Gasteiger partial charge in [0.25, 0.3) is 5.91 Å². The summed E-state index contributed by atoms with van der Waals surface area (Å²) >= 11 is 0. The fourth-order valence-electron chi connectivity index (χ4n) is 4.13. The molecular weight excluding hydrogens is 457 g/mol. The Hall–Kier alpha value is -3.36. The number of nitrogens with one attached hydrogen (secondary N) is 1. The summed E-state index contributed by atoms with van der Waals surface area (Å²) in [5, 5.41) is 2.64. The molecule has 1 aliphatic rings. The lowest BCUT2D eigenvalue weighted by molar-refractivity contribution is -0.138. The van der Waals surface area contributed by atoms with Crippen LogP contribution in [0.2, 0.25) is 0 Å². The SMILES string of the molecule is CC(C)[C@]1(C)CC(=O)N([C@H](C)c2ccc(C(F)(F)F)c(C(=O)N[C@@H](C)c3ccccc3)c2)C(N)=N1. The Labute approximate surface area is 203 Å². The third-order valence-corrected chi connectivity index (χ3v) is 6.75. The van der Waals surface area contributed by atoms with Crippen molar-refractivity contribution in [3.8, 4) is 0 Å². The largest absolute Gasteiger partial charge is 0.417 e. The third-order valence-electron chi connectivity index (χ3n) is 6.75. The van der Waals surface area contributed by atoms with Crippen molar-refractivity contribution in [1.82, 2.24) is 10.2 Å². The van der Waals surface area contributed by atoms with E-state index < -0.39 is 40.8 Å². The van der Waals surface area contributed by atoms with E-state index in [2.05, 4.69) is 10.3 Å². The van der Waals surface area contributed by atoms with Crippen LogP contribution >= 0.6 is 0 Å². The van der Waals surface area contributed by atoms with E-state index in [1.54, 1.807) is 38.1 Å². The molecule has 9 heteroatoms. The topological polar surface area (TPSA) is 87.8 Å². The van der Waals surface area contributed by atoms with Crippen molar-refractivity contribution in [1.29, 1.82) is 0 Å². The fourth-order valence-corrected chi connectivity index (χ4v) is 4.13. The second-order valence-electron chi connectivity index (χ2n) is 9.51. The summed E-state index contributed by atoms with van der Waals surface area (Å²) in [4.78, 5) is 31.8. The molecule has 0 bridgehead atoms. The van der Waals surface area contributed by atoms with Gasteiger partial charge in [-0.15, -0.1) is 0 Å². The third kappa shape index (κ3) is 5.49. The number of nitrogens with zero attached hydrogens (tertiary/aromatic N) is 2. The average molecular weight is 489 g/mol. The van der Waals surface area contributed by atoms with Gasteiger partial charge in [-0.05, 0) is 49.9 Å². The maximum Gasteiger partial charge on any atom is 0.417 e. The number of aliphatic imine (C=N–C) groups is 1.